The van der Waals surface area contributed by atoms with Crippen LogP contribution < -0.4 is 24.8 Å². The van der Waals surface area contributed by atoms with Gasteiger partial charge in [-0.25, -0.2) is 12.2 Å². The fourth-order valence-electron chi connectivity index (χ4n) is 2.25. The second-order valence-corrected chi connectivity index (χ2v) is 5.35. The molecule has 1 nitrogen and oxygen atoms in total. The zero-order chi connectivity index (χ0) is 15.1. The van der Waals surface area contributed by atoms with Crippen LogP contribution in [0.1, 0.15) is 17.5 Å². The molecule has 0 atom stereocenters. The Morgan fingerprint density at radius 3 is 2.61 bits per heavy atom. The fraction of sp³-hybridized carbons (Fsp3) is 0.118. The van der Waals surface area contributed by atoms with Gasteiger partial charge < -0.3 is 24.8 Å². The van der Waals surface area contributed by atoms with Crippen LogP contribution in [-0.2, 0) is 29.1 Å². The molecule has 23 heavy (non-hydrogen) atoms. The van der Waals surface area contributed by atoms with Gasteiger partial charge in [-0.1, -0.05) is 15.6 Å². The number of fused-ring (bicyclic) bond motifs is 3. The zero-order valence-electron chi connectivity index (χ0n) is 12.0. The van der Waals surface area contributed by atoms with Crippen LogP contribution in [0.2, 0.25) is 0 Å². The Morgan fingerprint density at radius 1 is 1.22 bits per heavy atom. The van der Waals surface area contributed by atoms with Gasteiger partial charge >= 0.3 is 31.5 Å². The molecule has 0 amide bonds. The molecule has 0 spiro atoms. The quantitative estimate of drug-likeness (QED) is 0.371. The number of aromatic nitrogens is 1. The standard InChI is InChI=1S/C12H7BrN.C5H5.2ClH.S.Zr/c13-10-1-2-11-9(6-10)5-8-3-4-14-7-12(8)11;1-2-4-5-3-1;;;;/h1,3-4,6-7H,5H2;1-3H,4H2;2*1H;;/q2*-1;;;;+2/p-2. The molecule has 0 bridgehead atoms. The summed E-state index contributed by atoms with van der Waals surface area (Å²) in [6.45, 7) is 0. The van der Waals surface area contributed by atoms with Crippen molar-refractivity contribution in [1.29, 1.82) is 0 Å². The minimum atomic E-state index is 0. The van der Waals surface area contributed by atoms with E-state index in [2.05, 4.69) is 60.1 Å². The topological polar surface area (TPSA) is 12.9 Å². The Labute approximate surface area is 176 Å². The van der Waals surface area contributed by atoms with Crippen LogP contribution in [0.3, 0.4) is 0 Å². The van der Waals surface area contributed by atoms with Crippen molar-refractivity contribution in [2.24, 2.45) is 0 Å². The molecule has 2 aliphatic rings. The summed E-state index contributed by atoms with van der Waals surface area (Å²) in [4.78, 5) is 4.15. The van der Waals surface area contributed by atoms with Gasteiger partial charge in [0.15, 0.2) is 0 Å². The van der Waals surface area contributed by atoms with Gasteiger partial charge in [0.2, 0.25) is 0 Å². The summed E-state index contributed by atoms with van der Waals surface area (Å²) < 4.78 is 1.09. The summed E-state index contributed by atoms with van der Waals surface area (Å²) in [6.07, 6.45) is 14.8. The summed E-state index contributed by atoms with van der Waals surface area (Å²) in [7, 11) is 4.17. The Bertz CT molecular complexity index is 682. The van der Waals surface area contributed by atoms with Crippen LogP contribution in [0.5, 0.6) is 0 Å². The fourth-order valence-corrected chi connectivity index (χ4v) is 2.64. The van der Waals surface area contributed by atoms with E-state index in [-0.39, 0.29) is 24.8 Å². The van der Waals surface area contributed by atoms with Crippen molar-refractivity contribution in [2.75, 3.05) is 0 Å². The second kappa shape index (κ2) is 12.4. The third kappa shape index (κ3) is 6.44. The summed E-state index contributed by atoms with van der Waals surface area (Å²) in [6, 6.07) is 9.48. The minimum absolute atomic E-state index is 0. The van der Waals surface area contributed by atoms with E-state index < -0.39 is 0 Å². The Kier molecular flexibility index (Phi) is 12.4. The van der Waals surface area contributed by atoms with E-state index >= 15 is 0 Å². The average molecular weight is 504 g/mol. The molecule has 0 radical (unpaired) electrons. The summed E-state index contributed by atoms with van der Waals surface area (Å²) >= 11 is 4.60. The molecule has 6 heteroatoms. The molecule has 4 rings (SSSR count). The van der Waals surface area contributed by atoms with E-state index in [0.29, 0.717) is 0 Å². The first-order valence-electron chi connectivity index (χ1n) is 6.40. The molecule has 0 unspecified atom stereocenters. The molecular formula is C17H12BrCl2NSZr-2. The van der Waals surface area contributed by atoms with Gasteiger partial charge in [-0.3, -0.25) is 11.1 Å². The van der Waals surface area contributed by atoms with Crippen LogP contribution in [0, 0.1) is 12.1 Å². The summed E-state index contributed by atoms with van der Waals surface area (Å²) in [5, 5.41) is 0. The number of hydrogen-bond acceptors (Lipinski definition) is 2. The van der Waals surface area contributed by atoms with Crippen molar-refractivity contribution in [1.82, 2.24) is 4.98 Å². The van der Waals surface area contributed by atoms with E-state index in [9.17, 15) is 0 Å². The van der Waals surface area contributed by atoms with E-state index in [4.69, 9.17) is 0 Å². The number of hydrogen-bond donors (Lipinski definition) is 0. The van der Waals surface area contributed by atoms with Crippen molar-refractivity contribution in [3.63, 3.8) is 0 Å². The SMILES string of the molecule is Brc1c[c-]c2c(c1)Cc1ccncc1-2.[C-]1=CC=CC1.[Cl-].[Cl-].[S]=[Zr+2]. The van der Waals surface area contributed by atoms with Crippen molar-refractivity contribution in [3.8, 4) is 11.1 Å². The third-order valence-electron chi connectivity index (χ3n) is 3.14. The summed E-state index contributed by atoms with van der Waals surface area (Å²) in [5.74, 6) is 0. The molecule has 1 aromatic carbocycles. The Morgan fingerprint density at radius 2 is 2.00 bits per heavy atom. The molecular weight excluding hydrogens is 492 g/mol. The van der Waals surface area contributed by atoms with Crippen LogP contribution in [0.15, 0.2) is 53.3 Å². The number of benzene rings is 1. The van der Waals surface area contributed by atoms with Crippen molar-refractivity contribution >= 4 is 24.8 Å². The normalized spacial score (nSPS) is 11.6. The Balaban J connectivity index is 0.000000463. The first kappa shape index (κ1) is 23.0. The van der Waals surface area contributed by atoms with Gasteiger partial charge in [0, 0.05) is 6.20 Å². The molecule has 2 aromatic rings. The van der Waals surface area contributed by atoms with Crippen LogP contribution in [0.4, 0.5) is 0 Å². The van der Waals surface area contributed by atoms with Gasteiger partial charge in [-0.2, -0.15) is 6.08 Å². The van der Waals surface area contributed by atoms with E-state index in [1.54, 1.807) is 0 Å². The van der Waals surface area contributed by atoms with Gasteiger partial charge in [0.25, 0.3) is 0 Å². The van der Waals surface area contributed by atoms with Crippen LogP contribution in [-0.4, -0.2) is 4.98 Å². The molecule has 2 aliphatic carbocycles. The number of allylic oxidation sites excluding steroid dienone is 4. The number of rotatable bonds is 0. The predicted octanol–water partition coefficient (Wildman–Crippen LogP) is -0.825. The zero-order valence-corrected chi connectivity index (χ0v) is 18.4. The monoisotopic (exact) mass is 501 g/mol. The average Bonchev–Trinajstić information content (AvgIpc) is 3.20. The van der Waals surface area contributed by atoms with E-state index in [1.165, 1.54) is 22.3 Å². The molecule has 1 heterocycles. The van der Waals surface area contributed by atoms with E-state index in [0.717, 1.165) is 40.0 Å². The van der Waals surface area contributed by atoms with Crippen molar-refractivity contribution in [3.05, 3.63) is 76.6 Å². The van der Waals surface area contributed by atoms with Crippen molar-refractivity contribution in [2.45, 2.75) is 12.8 Å². The molecule has 0 N–H and O–H groups in total. The number of halogens is 3. The van der Waals surface area contributed by atoms with Gasteiger partial charge in [-0.15, -0.1) is 51.7 Å². The van der Waals surface area contributed by atoms with E-state index in [1.807, 2.05) is 30.6 Å². The van der Waals surface area contributed by atoms with Gasteiger partial charge in [-0.05, 0) is 18.7 Å². The van der Waals surface area contributed by atoms with Crippen molar-refractivity contribution < 1.29 is 47.5 Å². The summed E-state index contributed by atoms with van der Waals surface area (Å²) in [5.41, 5.74) is 5.12. The molecule has 0 saturated carbocycles. The molecule has 0 saturated heterocycles. The maximum absolute atomic E-state index is 4.17. The first-order chi connectivity index (χ1) is 10.3. The van der Waals surface area contributed by atoms with Crippen LogP contribution in [0.25, 0.3) is 11.1 Å². The maximum atomic E-state index is 4.17. The predicted molar refractivity (Wildman–Crippen MR) is 88.2 cm³/mol. The molecule has 1 aromatic heterocycles. The number of nitrogens with zero attached hydrogens (tertiary/aromatic N) is 1. The molecule has 0 aliphatic heterocycles. The van der Waals surface area contributed by atoms with Crippen LogP contribution >= 0.6 is 24.8 Å². The third-order valence-corrected chi connectivity index (χ3v) is 3.59. The number of pyridine rings is 1. The Hall–Kier alpha value is 0.0131. The molecule has 118 valence electrons. The molecule has 0 fully saturated rings. The second-order valence-electron chi connectivity index (χ2n) is 4.43. The first-order valence-corrected chi connectivity index (χ1v) is 10.6. The van der Waals surface area contributed by atoms with Gasteiger partial charge in [0.05, 0.1) is 0 Å². The van der Waals surface area contributed by atoms with Gasteiger partial charge in [0.1, 0.15) is 0 Å².